The monoisotopic (exact) mass is 258 g/mol. The number of hydrogen-bond acceptors (Lipinski definition) is 3. The second kappa shape index (κ2) is 6.88. The molecule has 1 rings (SSSR count). The Morgan fingerprint density at radius 3 is 2.22 bits per heavy atom. The number of aliphatic hydroxyl groups excluding tert-OH is 1. The summed E-state index contributed by atoms with van der Waals surface area (Å²) in [6.07, 6.45) is 4.58. The molecule has 0 amide bonds. The van der Waals surface area contributed by atoms with Gasteiger partial charge in [-0.2, -0.15) is 0 Å². The van der Waals surface area contributed by atoms with E-state index in [0.29, 0.717) is 25.2 Å². The number of rotatable bonds is 7. The van der Waals surface area contributed by atoms with Gasteiger partial charge < -0.3 is 14.6 Å². The number of hydrogen-bond donors (Lipinski definition) is 1. The number of ether oxygens (including phenoxy) is 2. The second-order valence-electron chi connectivity index (χ2n) is 6.25. The molecule has 0 aromatic rings. The first kappa shape index (κ1) is 15.9. The maximum absolute atomic E-state index is 10.4. The molecule has 0 bridgehead atoms. The van der Waals surface area contributed by atoms with Crippen molar-refractivity contribution in [2.75, 3.05) is 19.8 Å². The summed E-state index contributed by atoms with van der Waals surface area (Å²) in [4.78, 5) is 0. The summed E-state index contributed by atoms with van der Waals surface area (Å²) in [5.74, 6) is 0. The van der Waals surface area contributed by atoms with Crippen molar-refractivity contribution in [3.8, 4) is 0 Å². The third-order valence-corrected chi connectivity index (χ3v) is 4.11. The van der Waals surface area contributed by atoms with E-state index in [9.17, 15) is 5.11 Å². The molecule has 1 aliphatic carbocycles. The van der Waals surface area contributed by atoms with Crippen LogP contribution in [-0.4, -0.2) is 36.6 Å². The Kier molecular flexibility index (Phi) is 6.09. The molecule has 3 heteroatoms. The first-order chi connectivity index (χ1) is 8.46. The molecular weight excluding hydrogens is 228 g/mol. The Morgan fingerprint density at radius 2 is 1.72 bits per heavy atom. The number of aliphatic hydroxyl groups is 1. The first-order valence-corrected chi connectivity index (χ1v) is 7.35. The molecule has 1 aliphatic rings. The summed E-state index contributed by atoms with van der Waals surface area (Å²) in [6, 6.07) is 0. The van der Waals surface area contributed by atoms with Crippen LogP contribution in [0.2, 0.25) is 0 Å². The van der Waals surface area contributed by atoms with Crippen molar-refractivity contribution in [1.82, 2.24) is 0 Å². The van der Waals surface area contributed by atoms with Gasteiger partial charge >= 0.3 is 0 Å². The van der Waals surface area contributed by atoms with Crippen molar-refractivity contribution in [2.45, 2.75) is 71.5 Å². The van der Waals surface area contributed by atoms with Crippen molar-refractivity contribution in [1.29, 1.82) is 0 Å². The van der Waals surface area contributed by atoms with Crippen LogP contribution in [0.4, 0.5) is 0 Å². The van der Waals surface area contributed by atoms with E-state index in [-0.39, 0.29) is 5.60 Å². The van der Waals surface area contributed by atoms with Gasteiger partial charge in [0.2, 0.25) is 0 Å². The molecule has 1 atom stereocenters. The van der Waals surface area contributed by atoms with Crippen LogP contribution >= 0.6 is 0 Å². The van der Waals surface area contributed by atoms with E-state index < -0.39 is 6.10 Å². The van der Waals surface area contributed by atoms with Gasteiger partial charge in [0, 0.05) is 13.2 Å². The average Bonchev–Trinajstić information content (AvgIpc) is 2.33. The van der Waals surface area contributed by atoms with Crippen molar-refractivity contribution in [2.24, 2.45) is 5.41 Å². The van der Waals surface area contributed by atoms with E-state index in [1.165, 1.54) is 0 Å². The van der Waals surface area contributed by atoms with E-state index in [1.54, 1.807) is 0 Å². The highest BCUT2D eigenvalue weighted by molar-refractivity contribution is 4.95. The van der Waals surface area contributed by atoms with Gasteiger partial charge in [-0.05, 0) is 44.4 Å². The van der Waals surface area contributed by atoms with E-state index >= 15 is 0 Å². The minimum atomic E-state index is -0.500. The molecular formula is C15H30O3. The summed E-state index contributed by atoms with van der Waals surface area (Å²) in [5.41, 5.74) is 0.00259. The molecule has 108 valence electrons. The molecule has 1 fully saturated rings. The molecule has 1 unspecified atom stereocenters. The summed E-state index contributed by atoms with van der Waals surface area (Å²) < 4.78 is 11.4. The lowest BCUT2D eigenvalue weighted by molar-refractivity contribution is -0.167. The third kappa shape index (κ3) is 4.22. The van der Waals surface area contributed by atoms with Gasteiger partial charge in [-0.25, -0.2) is 0 Å². The molecule has 0 saturated heterocycles. The van der Waals surface area contributed by atoms with E-state index in [0.717, 1.165) is 32.1 Å². The van der Waals surface area contributed by atoms with E-state index in [1.807, 2.05) is 6.92 Å². The van der Waals surface area contributed by atoms with Crippen molar-refractivity contribution in [3.05, 3.63) is 0 Å². The molecule has 0 aliphatic heterocycles. The zero-order valence-corrected chi connectivity index (χ0v) is 12.5. The van der Waals surface area contributed by atoms with Crippen molar-refractivity contribution >= 4 is 0 Å². The third-order valence-electron chi connectivity index (χ3n) is 4.11. The van der Waals surface area contributed by atoms with E-state index in [2.05, 4.69) is 20.8 Å². The lowest BCUT2D eigenvalue weighted by Gasteiger charge is -2.45. The van der Waals surface area contributed by atoms with Gasteiger partial charge in [0.05, 0.1) is 12.2 Å². The standard InChI is InChI=1S/C15H30O3/c1-5-11-17-12-13(16)15(18-6-2)9-7-14(3,4)8-10-15/h13,16H,5-12H2,1-4H3. The fourth-order valence-electron chi connectivity index (χ4n) is 2.70. The predicted octanol–water partition coefficient (Wildman–Crippen LogP) is 3.15. The highest BCUT2D eigenvalue weighted by Gasteiger charge is 2.44. The normalized spacial score (nSPS) is 23.8. The van der Waals surface area contributed by atoms with E-state index in [4.69, 9.17) is 9.47 Å². The van der Waals surface area contributed by atoms with Gasteiger partial charge in [0.15, 0.2) is 0 Å². The van der Waals surface area contributed by atoms with Gasteiger partial charge in [-0.15, -0.1) is 0 Å². The van der Waals surface area contributed by atoms with Crippen LogP contribution in [0.15, 0.2) is 0 Å². The summed E-state index contributed by atoms with van der Waals surface area (Å²) in [7, 11) is 0. The van der Waals surface area contributed by atoms with Crippen LogP contribution < -0.4 is 0 Å². The van der Waals surface area contributed by atoms with Gasteiger partial charge in [0.25, 0.3) is 0 Å². The lowest BCUT2D eigenvalue weighted by atomic mass is 9.69. The smallest absolute Gasteiger partial charge is 0.106 e. The Hall–Kier alpha value is -0.120. The molecule has 0 aromatic carbocycles. The lowest BCUT2D eigenvalue weighted by Crippen LogP contribution is -2.51. The topological polar surface area (TPSA) is 38.7 Å². The molecule has 0 heterocycles. The maximum Gasteiger partial charge on any atom is 0.106 e. The molecule has 18 heavy (non-hydrogen) atoms. The quantitative estimate of drug-likeness (QED) is 0.713. The van der Waals surface area contributed by atoms with Crippen LogP contribution in [0.25, 0.3) is 0 Å². The zero-order valence-electron chi connectivity index (χ0n) is 12.5. The molecule has 0 radical (unpaired) electrons. The Bertz CT molecular complexity index is 228. The minimum Gasteiger partial charge on any atom is -0.388 e. The van der Waals surface area contributed by atoms with Gasteiger partial charge in [0.1, 0.15) is 6.10 Å². The zero-order chi connectivity index (χ0) is 13.6. The molecule has 1 N–H and O–H groups in total. The summed E-state index contributed by atoms with van der Waals surface area (Å²) in [6.45, 7) is 10.4. The van der Waals surface area contributed by atoms with Crippen molar-refractivity contribution < 1.29 is 14.6 Å². The van der Waals surface area contributed by atoms with Crippen LogP contribution in [0.1, 0.15) is 59.8 Å². The molecule has 1 saturated carbocycles. The maximum atomic E-state index is 10.4. The summed E-state index contributed by atoms with van der Waals surface area (Å²) in [5, 5.41) is 10.4. The predicted molar refractivity (Wildman–Crippen MR) is 73.7 cm³/mol. The fraction of sp³-hybridized carbons (Fsp3) is 1.00. The Balaban J connectivity index is 2.57. The highest BCUT2D eigenvalue weighted by atomic mass is 16.5. The minimum absolute atomic E-state index is 0.377. The summed E-state index contributed by atoms with van der Waals surface area (Å²) >= 11 is 0. The average molecular weight is 258 g/mol. The fourth-order valence-corrected chi connectivity index (χ4v) is 2.70. The molecule has 3 nitrogen and oxygen atoms in total. The van der Waals surface area contributed by atoms with Crippen molar-refractivity contribution in [3.63, 3.8) is 0 Å². The van der Waals surface area contributed by atoms with Crippen LogP contribution in [0.3, 0.4) is 0 Å². The van der Waals surface area contributed by atoms with Crippen LogP contribution in [0, 0.1) is 5.41 Å². The Morgan fingerprint density at radius 1 is 1.11 bits per heavy atom. The molecule has 0 spiro atoms. The van der Waals surface area contributed by atoms with Crippen LogP contribution in [-0.2, 0) is 9.47 Å². The highest BCUT2D eigenvalue weighted by Crippen LogP contribution is 2.43. The largest absolute Gasteiger partial charge is 0.388 e. The first-order valence-electron chi connectivity index (χ1n) is 7.35. The second-order valence-corrected chi connectivity index (χ2v) is 6.25. The van der Waals surface area contributed by atoms with Gasteiger partial charge in [-0.1, -0.05) is 20.8 Å². The SMILES string of the molecule is CCCOCC(O)C1(OCC)CCC(C)(C)CC1. The Labute approximate surface area is 112 Å². The molecule has 0 aromatic heterocycles. The van der Waals surface area contributed by atoms with Gasteiger partial charge in [-0.3, -0.25) is 0 Å². The van der Waals surface area contributed by atoms with Crippen LogP contribution in [0.5, 0.6) is 0 Å².